The highest BCUT2D eigenvalue weighted by Crippen LogP contribution is 2.04. The van der Waals surface area contributed by atoms with E-state index >= 15 is 0 Å². The number of nitrogens with zero attached hydrogens (tertiary/aromatic N) is 3. The average Bonchev–Trinajstić information content (AvgIpc) is 2.72. The van der Waals surface area contributed by atoms with Crippen LogP contribution in [0.25, 0.3) is 0 Å². The Hall–Kier alpha value is -1.43. The second-order valence-corrected chi connectivity index (χ2v) is 4.29. The Morgan fingerprint density at radius 1 is 1.65 bits per heavy atom. The third kappa shape index (κ3) is 4.14. The highest BCUT2D eigenvalue weighted by molar-refractivity contribution is 5.81. The lowest BCUT2D eigenvalue weighted by Crippen LogP contribution is -2.45. The van der Waals surface area contributed by atoms with Crippen molar-refractivity contribution in [3.05, 3.63) is 12.2 Å². The molecule has 1 rings (SSSR count). The molecule has 0 bridgehead atoms. The van der Waals surface area contributed by atoms with Crippen molar-refractivity contribution in [2.24, 2.45) is 18.7 Å². The van der Waals surface area contributed by atoms with Crippen LogP contribution < -0.4 is 11.1 Å². The van der Waals surface area contributed by atoms with Gasteiger partial charge in [-0.15, -0.1) is 0 Å². The molecule has 6 nitrogen and oxygen atoms in total. The lowest BCUT2D eigenvalue weighted by molar-refractivity contribution is -0.123. The molecule has 1 aromatic rings. The normalized spacial score (nSPS) is 14.4. The number of carbonyl (C=O) groups excluding carboxylic acids is 1. The Kier molecular flexibility index (Phi) is 5.09. The first kappa shape index (κ1) is 13.6. The van der Waals surface area contributed by atoms with Gasteiger partial charge in [-0.3, -0.25) is 9.48 Å². The van der Waals surface area contributed by atoms with Gasteiger partial charge in [0, 0.05) is 20.0 Å². The molecule has 1 amide bonds. The van der Waals surface area contributed by atoms with Gasteiger partial charge in [-0.2, -0.15) is 5.10 Å². The smallest absolute Gasteiger partial charge is 0.237 e. The Balaban J connectivity index is 2.29. The minimum absolute atomic E-state index is 0.102. The number of amides is 1. The number of nitrogens with one attached hydrogen (secondary N) is 1. The van der Waals surface area contributed by atoms with E-state index in [1.54, 1.807) is 11.0 Å². The largest absolute Gasteiger partial charge is 0.354 e. The molecule has 1 aromatic heterocycles. The summed E-state index contributed by atoms with van der Waals surface area (Å²) in [6, 6.07) is -0.434. The van der Waals surface area contributed by atoms with Crippen LogP contribution in [0.15, 0.2) is 6.33 Å². The van der Waals surface area contributed by atoms with E-state index in [2.05, 4.69) is 15.4 Å². The first-order chi connectivity index (χ1) is 8.04. The summed E-state index contributed by atoms with van der Waals surface area (Å²) >= 11 is 0. The van der Waals surface area contributed by atoms with E-state index in [9.17, 15) is 4.79 Å². The molecule has 0 spiro atoms. The van der Waals surface area contributed by atoms with Gasteiger partial charge in [-0.05, 0) is 5.92 Å². The fourth-order valence-electron chi connectivity index (χ4n) is 1.43. The van der Waals surface area contributed by atoms with Crippen molar-refractivity contribution in [3.63, 3.8) is 0 Å². The van der Waals surface area contributed by atoms with Gasteiger partial charge in [-0.1, -0.05) is 20.3 Å². The minimum Gasteiger partial charge on any atom is -0.354 e. The molecule has 0 radical (unpaired) electrons. The van der Waals surface area contributed by atoms with Crippen molar-refractivity contribution in [1.82, 2.24) is 20.1 Å². The Morgan fingerprint density at radius 3 is 2.88 bits per heavy atom. The molecule has 0 aromatic carbocycles. The second kappa shape index (κ2) is 6.34. The Bertz CT molecular complexity index is 362. The quantitative estimate of drug-likeness (QED) is 0.722. The minimum atomic E-state index is -0.434. The number of aryl methyl sites for hydroxylation is 1. The van der Waals surface area contributed by atoms with Crippen molar-refractivity contribution in [3.8, 4) is 0 Å². The predicted molar refractivity (Wildman–Crippen MR) is 65.1 cm³/mol. The summed E-state index contributed by atoms with van der Waals surface area (Å²) in [6.07, 6.45) is 3.16. The zero-order valence-electron chi connectivity index (χ0n) is 10.7. The van der Waals surface area contributed by atoms with E-state index in [4.69, 9.17) is 5.73 Å². The van der Waals surface area contributed by atoms with Gasteiger partial charge in [0.2, 0.25) is 5.91 Å². The summed E-state index contributed by atoms with van der Waals surface area (Å²) in [5.41, 5.74) is 5.81. The van der Waals surface area contributed by atoms with Crippen molar-refractivity contribution in [2.75, 3.05) is 6.54 Å². The molecule has 0 fully saturated rings. The molecule has 0 aliphatic heterocycles. The van der Waals surface area contributed by atoms with Crippen LogP contribution in [0.2, 0.25) is 0 Å². The van der Waals surface area contributed by atoms with Crippen LogP contribution in [-0.2, 0) is 18.3 Å². The Labute approximate surface area is 102 Å². The molecule has 2 atom stereocenters. The number of nitrogens with two attached hydrogens (primary N) is 1. The zero-order valence-corrected chi connectivity index (χ0v) is 10.7. The summed E-state index contributed by atoms with van der Waals surface area (Å²) in [4.78, 5) is 15.7. The van der Waals surface area contributed by atoms with Crippen molar-refractivity contribution >= 4 is 5.91 Å². The molecule has 2 unspecified atom stereocenters. The van der Waals surface area contributed by atoms with Crippen LogP contribution in [0.3, 0.4) is 0 Å². The molecule has 17 heavy (non-hydrogen) atoms. The lowest BCUT2D eigenvalue weighted by Gasteiger charge is -2.17. The van der Waals surface area contributed by atoms with Crippen molar-refractivity contribution in [2.45, 2.75) is 32.7 Å². The first-order valence-electron chi connectivity index (χ1n) is 5.92. The van der Waals surface area contributed by atoms with E-state index in [1.807, 2.05) is 20.9 Å². The summed E-state index contributed by atoms with van der Waals surface area (Å²) in [6.45, 7) is 4.52. The van der Waals surface area contributed by atoms with E-state index in [0.717, 1.165) is 12.2 Å². The third-order valence-corrected chi connectivity index (χ3v) is 2.85. The average molecular weight is 239 g/mol. The maximum absolute atomic E-state index is 11.7. The van der Waals surface area contributed by atoms with Gasteiger partial charge in [-0.25, -0.2) is 4.98 Å². The number of carbonyl (C=O) groups is 1. The van der Waals surface area contributed by atoms with Crippen molar-refractivity contribution in [1.29, 1.82) is 0 Å². The number of rotatable bonds is 6. The third-order valence-electron chi connectivity index (χ3n) is 2.85. The molecule has 0 saturated carbocycles. The van der Waals surface area contributed by atoms with Crippen LogP contribution in [0, 0.1) is 5.92 Å². The summed E-state index contributed by atoms with van der Waals surface area (Å²) < 4.78 is 1.64. The fourth-order valence-corrected chi connectivity index (χ4v) is 1.43. The van der Waals surface area contributed by atoms with Gasteiger partial charge in [0.25, 0.3) is 0 Å². The van der Waals surface area contributed by atoms with E-state index in [0.29, 0.717) is 13.0 Å². The molecule has 3 N–H and O–H groups in total. The van der Waals surface area contributed by atoms with Gasteiger partial charge in [0.1, 0.15) is 6.33 Å². The summed E-state index contributed by atoms with van der Waals surface area (Å²) in [7, 11) is 1.81. The molecule has 0 aliphatic carbocycles. The summed E-state index contributed by atoms with van der Waals surface area (Å²) in [5, 5.41) is 6.93. The van der Waals surface area contributed by atoms with E-state index in [-0.39, 0.29) is 11.8 Å². The SMILES string of the molecule is CCC(C)C(N)C(=O)NCCc1ncn(C)n1. The van der Waals surface area contributed by atoms with Crippen LogP contribution in [0.1, 0.15) is 26.1 Å². The number of aromatic nitrogens is 3. The maximum Gasteiger partial charge on any atom is 0.237 e. The summed E-state index contributed by atoms with van der Waals surface area (Å²) in [5.74, 6) is 0.822. The molecule has 96 valence electrons. The lowest BCUT2D eigenvalue weighted by atomic mass is 9.99. The van der Waals surface area contributed by atoms with E-state index in [1.165, 1.54) is 0 Å². The van der Waals surface area contributed by atoms with E-state index < -0.39 is 6.04 Å². The maximum atomic E-state index is 11.7. The van der Waals surface area contributed by atoms with Crippen LogP contribution >= 0.6 is 0 Å². The van der Waals surface area contributed by atoms with Crippen LogP contribution in [0.4, 0.5) is 0 Å². The fraction of sp³-hybridized carbons (Fsp3) is 0.727. The molecule has 0 saturated heterocycles. The molecule has 0 aliphatic rings. The standard InChI is InChI=1S/C11H21N5O/c1-4-8(2)10(12)11(17)13-6-5-9-14-7-16(3)15-9/h7-8,10H,4-6,12H2,1-3H3,(H,13,17). The molecular formula is C11H21N5O. The van der Waals surface area contributed by atoms with Crippen LogP contribution in [0.5, 0.6) is 0 Å². The molecule has 1 heterocycles. The predicted octanol–water partition coefficient (Wildman–Crippen LogP) is -0.153. The van der Waals surface area contributed by atoms with Crippen LogP contribution in [-0.4, -0.2) is 33.3 Å². The van der Waals surface area contributed by atoms with Gasteiger partial charge >= 0.3 is 0 Å². The van der Waals surface area contributed by atoms with Crippen molar-refractivity contribution < 1.29 is 4.79 Å². The van der Waals surface area contributed by atoms with Gasteiger partial charge < -0.3 is 11.1 Å². The topological polar surface area (TPSA) is 85.8 Å². The van der Waals surface area contributed by atoms with Gasteiger partial charge in [0.05, 0.1) is 6.04 Å². The highest BCUT2D eigenvalue weighted by Gasteiger charge is 2.18. The zero-order chi connectivity index (χ0) is 12.8. The number of hydrogen-bond acceptors (Lipinski definition) is 4. The highest BCUT2D eigenvalue weighted by atomic mass is 16.2. The molecule has 6 heteroatoms. The first-order valence-corrected chi connectivity index (χ1v) is 5.92. The Morgan fingerprint density at radius 2 is 2.35 bits per heavy atom. The number of hydrogen-bond donors (Lipinski definition) is 2. The van der Waals surface area contributed by atoms with Gasteiger partial charge in [0.15, 0.2) is 5.82 Å². The molecular weight excluding hydrogens is 218 g/mol. The monoisotopic (exact) mass is 239 g/mol. The second-order valence-electron chi connectivity index (χ2n) is 4.29.